The van der Waals surface area contributed by atoms with Crippen molar-refractivity contribution in [3.63, 3.8) is 0 Å². The number of carbonyl (C=O) groups excluding carboxylic acids is 1. The van der Waals surface area contributed by atoms with E-state index >= 15 is 0 Å². The van der Waals surface area contributed by atoms with Gasteiger partial charge in [0.2, 0.25) is 9.97 Å². The van der Waals surface area contributed by atoms with Gasteiger partial charge in [-0.15, -0.1) is 15.3 Å². The van der Waals surface area contributed by atoms with E-state index in [4.69, 9.17) is 0 Å². The third-order valence-corrected chi connectivity index (χ3v) is 4.99. The number of carbonyl (C=O) groups is 1. The molecule has 1 aliphatic rings. The van der Waals surface area contributed by atoms with E-state index in [-0.39, 0.29) is 5.91 Å². The number of amides is 1. The van der Waals surface area contributed by atoms with Crippen LogP contribution in [-0.4, -0.2) is 63.8 Å². The first kappa shape index (κ1) is 15.0. The minimum absolute atomic E-state index is 0.238. The standard InChI is InChI=1S/C15H17N7OS/c1-20-6-8-21(9-7-20)12-4-2-11(3-5-12)17-13(23)14-19-22-10-16-18-15(22)24-14/h2-5,10H,6-9H2,1H3,(H,17,23). The van der Waals surface area contributed by atoms with Crippen LogP contribution in [0.3, 0.4) is 0 Å². The van der Waals surface area contributed by atoms with Crippen LogP contribution in [0.5, 0.6) is 0 Å². The maximum absolute atomic E-state index is 12.3. The highest BCUT2D eigenvalue weighted by atomic mass is 32.1. The monoisotopic (exact) mass is 343 g/mol. The highest BCUT2D eigenvalue weighted by Crippen LogP contribution is 2.20. The summed E-state index contributed by atoms with van der Waals surface area (Å²) in [7, 11) is 2.14. The van der Waals surface area contributed by atoms with Gasteiger partial charge in [0.1, 0.15) is 6.33 Å². The molecule has 1 aliphatic heterocycles. The Kier molecular flexibility index (Phi) is 3.87. The lowest BCUT2D eigenvalue weighted by molar-refractivity contribution is 0.102. The summed E-state index contributed by atoms with van der Waals surface area (Å²) < 4.78 is 1.50. The van der Waals surface area contributed by atoms with Crippen molar-refractivity contribution in [2.75, 3.05) is 43.4 Å². The molecule has 3 aromatic rings. The number of fused-ring (bicyclic) bond motifs is 1. The van der Waals surface area contributed by atoms with Crippen LogP contribution in [0.1, 0.15) is 9.80 Å². The van der Waals surface area contributed by atoms with E-state index in [1.165, 1.54) is 27.9 Å². The second kappa shape index (κ2) is 6.17. The van der Waals surface area contributed by atoms with Crippen molar-refractivity contribution >= 4 is 33.6 Å². The molecule has 1 fully saturated rings. The van der Waals surface area contributed by atoms with Crippen LogP contribution in [0.2, 0.25) is 0 Å². The summed E-state index contributed by atoms with van der Waals surface area (Å²) >= 11 is 1.21. The van der Waals surface area contributed by atoms with Crippen molar-refractivity contribution in [1.29, 1.82) is 0 Å². The zero-order valence-electron chi connectivity index (χ0n) is 13.2. The van der Waals surface area contributed by atoms with Gasteiger partial charge in [-0.1, -0.05) is 11.3 Å². The highest BCUT2D eigenvalue weighted by molar-refractivity contribution is 7.18. The molecule has 0 unspecified atom stereocenters. The van der Waals surface area contributed by atoms with Gasteiger partial charge in [-0.3, -0.25) is 4.79 Å². The molecule has 0 aliphatic carbocycles. The van der Waals surface area contributed by atoms with Gasteiger partial charge in [0.15, 0.2) is 0 Å². The number of nitrogens with zero attached hydrogens (tertiary/aromatic N) is 6. The first-order valence-electron chi connectivity index (χ1n) is 7.71. The Morgan fingerprint density at radius 2 is 1.92 bits per heavy atom. The van der Waals surface area contributed by atoms with Crippen molar-refractivity contribution in [3.8, 4) is 0 Å². The summed E-state index contributed by atoms with van der Waals surface area (Å²) in [5, 5.41) is 15.0. The number of benzene rings is 1. The number of hydrogen-bond donors (Lipinski definition) is 1. The second-order valence-corrected chi connectivity index (χ2v) is 6.71. The molecule has 0 bridgehead atoms. The Hall–Kier alpha value is -2.52. The van der Waals surface area contributed by atoms with Crippen molar-refractivity contribution in [3.05, 3.63) is 35.6 Å². The minimum Gasteiger partial charge on any atom is -0.369 e. The van der Waals surface area contributed by atoms with E-state index < -0.39 is 0 Å². The number of anilines is 2. The third-order valence-electron chi connectivity index (χ3n) is 4.07. The number of piperazine rings is 1. The quantitative estimate of drug-likeness (QED) is 0.770. The number of hydrogen-bond acceptors (Lipinski definition) is 7. The van der Waals surface area contributed by atoms with E-state index in [1.54, 1.807) is 0 Å². The Bertz CT molecular complexity index is 820. The van der Waals surface area contributed by atoms with Crippen LogP contribution in [0.15, 0.2) is 30.6 Å². The fourth-order valence-corrected chi connectivity index (χ4v) is 3.37. The fraction of sp³-hybridized carbons (Fsp3) is 0.333. The number of rotatable bonds is 3. The smallest absolute Gasteiger partial charge is 0.286 e. The van der Waals surface area contributed by atoms with E-state index in [1.807, 2.05) is 24.3 Å². The molecule has 0 radical (unpaired) electrons. The van der Waals surface area contributed by atoms with Crippen LogP contribution in [0.4, 0.5) is 11.4 Å². The predicted molar refractivity (Wildman–Crippen MR) is 92.8 cm³/mol. The minimum atomic E-state index is -0.238. The molecule has 1 aromatic carbocycles. The van der Waals surface area contributed by atoms with Crippen molar-refractivity contribution in [2.24, 2.45) is 0 Å². The molecular formula is C15H17N7OS. The second-order valence-electron chi connectivity index (χ2n) is 5.76. The van der Waals surface area contributed by atoms with Crippen molar-refractivity contribution in [1.82, 2.24) is 24.7 Å². The van der Waals surface area contributed by atoms with Crippen LogP contribution < -0.4 is 10.2 Å². The topological polar surface area (TPSA) is 78.7 Å². The summed E-state index contributed by atoms with van der Waals surface area (Å²) in [5.41, 5.74) is 1.93. The Morgan fingerprint density at radius 1 is 1.17 bits per heavy atom. The molecule has 124 valence electrons. The molecule has 9 heteroatoms. The average molecular weight is 343 g/mol. The summed E-state index contributed by atoms with van der Waals surface area (Å²) in [6.45, 7) is 4.18. The first-order chi connectivity index (χ1) is 11.7. The molecule has 3 heterocycles. The maximum atomic E-state index is 12.3. The maximum Gasteiger partial charge on any atom is 0.286 e. The van der Waals surface area contributed by atoms with Gasteiger partial charge in [-0.05, 0) is 31.3 Å². The molecular weight excluding hydrogens is 326 g/mol. The summed E-state index contributed by atoms with van der Waals surface area (Å²) in [4.78, 5) is 17.5. The predicted octanol–water partition coefficient (Wildman–Crippen LogP) is 1.19. The molecule has 1 N–H and O–H groups in total. The lowest BCUT2D eigenvalue weighted by atomic mass is 10.2. The average Bonchev–Trinajstić information content (AvgIpc) is 3.18. The molecule has 24 heavy (non-hydrogen) atoms. The van der Waals surface area contributed by atoms with Crippen LogP contribution in [0.25, 0.3) is 4.96 Å². The van der Waals surface area contributed by atoms with Gasteiger partial charge < -0.3 is 15.1 Å². The Labute approximate surface area is 142 Å². The largest absolute Gasteiger partial charge is 0.369 e. The van der Waals surface area contributed by atoms with Gasteiger partial charge in [0, 0.05) is 37.6 Å². The number of aromatic nitrogens is 4. The Morgan fingerprint density at radius 3 is 2.62 bits per heavy atom. The third kappa shape index (κ3) is 2.95. The van der Waals surface area contributed by atoms with Gasteiger partial charge >= 0.3 is 0 Å². The SMILES string of the molecule is CN1CCN(c2ccc(NC(=O)c3nn4cnnc4s3)cc2)CC1. The van der Waals surface area contributed by atoms with E-state index in [0.29, 0.717) is 9.97 Å². The van der Waals surface area contributed by atoms with Gasteiger partial charge in [-0.2, -0.15) is 4.52 Å². The van der Waals surface area contributed by atoms with E-state index in [0.717, 1.165) is 31.9 Å². The highest BCUT2D eigenvalue weighted by Gasteiger charge is 2.16. The van der Waals surface area contributed by atoms with E-state index in [9.17, 15) is 4.79 Å². The van der Waals surface area contributed by atoms with E-state index in [2.05, 4.69) is 37.5 Å². The number of likely N-dealkylation sites (N-methyl/N-ethyl adjacent to an activating group) is 1. The first-order valence-corrected chi connectivity index (χ1v) is 8.52. The van der Waals surface area contributed by atoms with Crippen LogP contribution in [0, 0.1) is 0 Å². The lowest BCUT2D eigenvalue weighted by Crippen LogP contribution is -2.44. The summed E-state index contributed by atoms with van der Waals surface area (Å²) in [6.07, 6.45) is 1.48. The van der Waals surface area contributed by atoms with Crippen molar-refractivity contribution in [2.45, 2.75) is 0 Å². The van der Waals surface area contributed by atoms with Gasteiger partial charge in [0.05, 0.1) is 0 Å². The molecule has 1 amide bonds. The van der Waals surface area contributed by atoms with Crippen LogP contribution >= 0.6 is 11.3 Å². The van der Waals surface area contributed by atoms with Gasteiger partial charge in [-0.25, -0.2) is 0 Å². The lowest BCUT2D eigenvalue weighted by Gasteiger charge is -2.34. The summed E-state index contributed by atoms with van der Waals surface area (Å²) in [5.74, 6) is -0.238. The normalized spacial score (nSPS) is 15.8. The zero-order valence-corrected chi connectivity index (χ0v) is 14.0. The molecule has 0 spiro atoms. The molecule has 4 rings (SSSR count). The Balaban J connectivity index is 1.43. The zero-order chi connectivity index (χ0) is 16.5. The van der Waals surface area contributed by atoms with Crippen molar-refractivity contribution < 1.29 is 4.79 Å². The van der Waals surface area contributed by atoms with Crippen LogP contribution in [-0.2, 0) is 0 Å². The molecule has 8 nitrogen and oxygen atoms in total. The van der Waals surface area contributed by atoms with Gasteiger partial charge in [0.25, 0.3) is 5.91 Å². The fourth-order valence-electron chi connectivity index (χ4n) is 2.66. The molecule has 1 saturated heterocycles. The molecule has 2 aromatic heterocycles. The number of nitrogens with one attached hydrogen (secondary N) is 1. The molecule has 0 atom stereocenters. The summed E-state index contributed by atoms with van der Waals surface area (Å²) in [6, 6.07) is 7.93. The molecule has 0 saturated carbocycles.